The molecule has 0 saturated carbocycles. The molecule has 0 aliphatic rings. The number of amides is 1. The third kappa shape index (κ3) is 3.53. The van der Waals surface area contributed by atoms with Crippen molar-refractivity contribution in [3.8, 4) is 11.4 Å². The summed E-state index contributed by atoms with van der Waals surface area (Å²) in [6.45, 7) is 0. The topological polar surface area (TPSA) is 71.0 Å². The van der Waals surface area contributed by atoms with E-state index >= 15 is 0 Å². The monoisotopic (exact) mass is 369 g/mol. The Labute approximate surface area is 162 Å². The third-order valence-electron chi connectivity index (χ3n) is 4.32. The SMILES string of the molecule is CN(C)C(=O)c1ccc(Nc2nc(-c3cccnc3)nc3ccccc23)cc1. The van der Waals surface area contributed by atoms with Crippen LogP contribution in [0.1, 0.15) is 10.4 Å². The van der Waals surface area contributed by atoms with Crippen molar-refractivity contribution in [2.45, 2.75) is 0 Å². The second-order valence-electron chi connectivity index (χ2n) is 6.56. The number of aromatic nitrogens is 3. The highest BCUT2D eigenvalue weighted by Crippen LogP contribution is 2.27. The van der Waals surface area contributed by atoms with E-state index in [1.54, 1.807) is 43.5 Å². The normalized spacial score (nSPS) is 10.6. The van der Waals surface area contributed by atoms with Gasteiger partial charge in [0.15, 0.2) is 5.82 Å². The summed E-state index contributed by atoms with van der Waals surface area (Å²) in [6, 6.07) is 19.0. The summed E-state index contributed by atoms with van der Waals surface area (Å²) >= 11 is 0. The van der Waals surface area contributed by atoms with Crippen molar-refractivity contribution < 1.29 is 4.79 Å². The highest BCUT2D eigenvalue weighted by atomic mass is 16.2. The van der Waals surface area contributed by atoms with Crippen molar-refractivity contribution in [2.75, 3.05) is 19.4 Å². The number of hydrogen-bond acceptors (Lipinski definition) is 5. The average Bonchev–Trinajstić information content (AvgIpc) is 2.74. The number of hydrogen-bond donors (Lipinski definition) is 1. The second-order valence-corrected chi connectivity index (χ2v) is 6.56. The van der Waals surface area contributed by atoms with Crippen molar-refractivity contribution in [3.05, 3.63) is 78.6 Å². The molecule has 0 bridgehead atoms. The Bertz CT molecular complexity index is 1120. The molecule has 2 aromatic heterocycles. The van der Waals surface area contributed by atoms with Gasteiger partial charge >= 0.3 is 0 Å². The van der Waals surface area contributed by atoms with E-state index in [1.807, 2.05) is 48.5 Å². The zero-order valence-electron chi connectivity index (χ0n) is 15.6. The van der Waals surface area contributed by atoms with E-state index in [1.165, 1.54) is 0 Å². The lowest BCUT2D eigenvalue weighted by atomic mass is 10.1. The highest BCUT2D eigenvalue weighted by Gasteiger charge is 2.11. The Morgan fingerprint density at radius 3 is 2.43 bits per heavy atom. The van der Waals surface area contributed by atoms with Crippen LogP contribution in [0.3, 0.4) is 0 Å². The van der Waals surface area contributed by atoms with Gasteiger partial charge in [-0.05, 0) is 48.5 Å². The first-order valence-corrected chi connectivity index (χ1v) is 8.88. The summed E-state index contributed by atoms with van der Waals surface area (Å²) < 4.78 is 0. The number of carbonyl (C=O) groups is 1. The predicted octanol–water partition coefficient (Wildman–Crippen LogP) is 4.14. The average molecular weight is 369 g/mol. The van der Waals surface area contributed by atoms with E-state index in [9.17, 15) is 4.79 Å². The molecule has 0 aliphatic carbocycles. The molecular weight excluding hydrogens is 350 g/mol. The fraction of sp³-hybridized carbons (Fsp3) is 0.0909. The standard InChI is InChI=1S/C22H19N5O/c1-27(2)22(28)15-9-11-17(12-10-15)24-21-18-7-3-4-8-19(18)25-20(26-21)16-6-5-13-23-14-16/h3-14H,1-2H3,(H,24,25,26). The molecule has 2 heterocycles. The quantitative estimate of drug-likeness (QED) is 0.585. The van der Waals surface area contributed by atoms with Crippen LogP contribution in [0.15, 0.2) is 73.1 Å². The minimum absolute atomic E-state index is 0.0297. The van der Waals surface area contributed by atoms with Crippen LogP contribution >= 0.6 is 0 Å². The number of para-hydroxylation sites is 1. The highest BCUT2D eigenvalue weighted by molar-refractivity contribution is 5.95. The third-order valence-corrected chi connectivity index (χ3v) is 4.32. The van der Waals surface area contributed by atoms with Gasteiger partial charge in [-0.2, -0.15) is 0 Å². The van der Waals surface area contributed by atoms with Gasteiger partial charge in [-0.15, -0.1) is 0 Å². The van der Waals surface area contributed by atoms with Gasteiger partial charge in [0.1, 0.15) is 5.82 Å². The maximum Gasteiger partial charge on any atom is 0.253 e. The van der Waals surface area contributed by atoms with E-state index in [2.05, 4.69) is 15.3 Å². The number of anilines is 2. The molecular formula is C22H19N5O. The Balaban J connectivity index is 1.73. The van der Waals surface area contributed by atoms with Gasteiger partial charge in [-0.3, -0.25) is 9.78 Å². The summed E-state index contributed by atoms with van der Waals surface area (Å²) in [5, 5.41) is 4.28. The van der Waals surface area contributed by atoms with E-state index in [4.69, 9.17) is 4.98 Å². The van der Waals surface area contributed by atoms with Crippen LogP contribution in [0, 0.1) is 0 Å². The minimum atomic E-state index is -0.0297. The number of rotatable bonds is 4. The Morgan fingerprint density at radius 1 is 0.929 bits per heavy atom. The van der Waals surface area contributed by atoms with E-state index in [0.29, 0.717) is 17.2 Å². The molecule has 0 unspecified atom stereocenters. The molecule has 138 valence electrons. The zero-order chi connectivity index (χ0) is 19.5. The van der Waals surface area contributed by atoms with Crippen molar-refractivity contribution in [2.24, 2.45) is 0 Å². The number of benzene rings is 2. The van der Waals surface area contributed by atoms with Crippen LogP contribution in [-0.2, 0) is 0 Å². The summed E-state index contributed by atoms with van der Waals surface area (Å²) in [5.41, 5.74) is 3.18. The molecule has 0 fully saturated rings. The predicted molar refractivity (Wildman–Crippen MR) is 111 cm³/mol. The van der Waals surface area contributed by atoms with Crippen LogP contribution < -0.4 is 5.32 Å². The first-order chi connectivity index (χ1) is 13.6. The van der Waals surface area contributed by atoms with Crippen LogP contribution in [0.5, 0.6) is 0 Å². The molecule has 0 atom stereocenters. The summed E-state index contributed by atoms with van der Waals surface area (Å²) in [5.74, 6) is 1.28. The number of nitrogens with one attached hydrogen (secondary N) is 1. The first kappa shape index (κ1) is 17.6. The maximum atomic E-state index is 12.1. The Hall–Kier alpha value is -3.80. The number of fused-ring (bicyclic) bond motifs is 1. The maximum absolute atomic E-state index is 12.1. The van der Waals surface area contributed by atoms with Crippen LogP contribution in [0.25, 0.3) is 22.3 Å². The minimum Gasteiger partial charge on any atom is -0.345 e. The molecule has 1 N–H and O–H groups in total. The molecule has 0 radical (unpaired) electrons. The molecule has 2 aromatic carbocycles. The van der Waals surface area contributed by atoms with Gasteiger partial charge in [-0.1, -0.05) is 12.1 Å². The van der Waals surface area contributed by atoms with Crippen LogP contribution in [0.4, 0.5) is 11.5 Å². The summed E-state index contributed by atoms with van der Waals surface area (Å²) in [6.07, 6.45) is 3.47. The van der Waals surface area contributed by atoms with E-state index in [-0.39, 0.29) is 5.91 Å². The van der Waals surface area contributed by atoms with Gasteiger partial charge in [0.05, 0.1) is 5.52 Å². The Kier molecular flexibility index (Phi) is 4.68. The molecule has 6 heteroatoms. The van der Waals surface area contributed by atoms with E-state index in [0.717, 1.165) is 22.2 Å². The first-order valence-electron chi connectivity index (χ1n) is 8.88. The lowest BCUT2D eigenvalue weighted by Gasteiger charge is -2.13. The largest absolute Gasteiger partial charge is 0.345 e. The van der Waals surface area contributed by atoms with Gasteiger partial charge in [-0.25, -0.2) is 9.97 Å². The molecule has 28 heavy (non-hydrogen) atoms. The van der Waals surface area contributed by atoms with Crippen LogP contribution in [0.2, 0.25) is 0 Å². The number of pyridine rings is 1. The number of nitrogens with zero attached hydrogens (tertiary/aromatic N) is 4. The molecule has 0 aliphatic heterocycles. The molecule has 6 nitrogen and oxygen atoms in total. The number of carbonyl (C=O) groups excluding carboxylic acids is 1. The lowest BCUT2D eigenvalue weighted by molar-refractivity contribution is 0.0827. The van der Waals surface area contributed by atoms with Crippen molar-refractivity contribution in [1.29, 1.82) is 0 Å². The van der Waals surface area contributed by atoms with E-state index < -0.39 is 0 Å². The smallest absolute Gasteiger partial charge is 0.253 e. The van der Waals surface area contributed by atoms with Crippen molar-refractivity contribution >= 4 is 28.3 Å². The van der Waals surface area contributed by atoms with Gasteiger partial charge < -0.3 is 10.2 Å². The fourth-order valence-electron chi connectivity index (χ4n) is 2.89. The zero-order valence-corrected chi connectivity index (χ0v) is 15.6. The van der Waals surface area contributed by atoms with Crippen molar-refractivity contribution in [3.63, 3.8) is 0 Å². The second kappa shape index (κ2) is 7.44. The Morgan fingerprint density at radius 2 is 1.71 bits per heavy atom. The fourth-order valence-corrected chi connectivity index (χ4v) is 2.89. The molecule has 0 spiro atoms. The van der Waals surface area contributed by atoms with Crippen molar-refractivity contribution in [1.82, 2.24) is 19.9 Å². The molecule has 1 amide bonds. The molecule has 4 aromatic rings. The summed E-state index contributed by atoms with van der Waals surface area (Å²) in [4.78, 5) is 27.2. The summed E-state index contributed by atoms with van der Waals surface area (Å²) in [7, 11) is 3.48. The molecule has 0 saturated heterocycles. The van der Waals surface area contributed by atoms with Gasteiger partial charge in [0, 0.05) is 48.7 Å². The van der Waals surface area contributed by atoms with Crippen LogP contribution in [-0.4, -0.2) is 39.9 Å². The van der Waals surface area contributed by atoms with Gasteiger partial charge in [0.25, 0.3) is 5.91 Å². The van der Waals surface area contributed by atoms with Gasteiger partial charge in [0.2, 0.25) is 0 Å². The molecule has 4 rings (SSSR count). The lowest BCUT2D eigenvalue weighted by Crippen LogP contribution is -2.21.